The number of phenols is 5. The molecular weight excluding hydrogens is 512 g/mol. The summed E-state index contributed by atoms with van der Waals surface area (Å²) in [6.07, 6.45) is 3.65. The fourth-order valence-electron chi connectivity index (χ4n) is 5.69. The molecule has 0 amide bonds. The lowest BCUT2D eigenvalue weighted by atomic mass is 9.85. The van der Waals surface area contributed by atoms with Crippen molar-refractivity contribution < 1.29 is 25.5 Å². The molecule has 0 saturated heterocycles. The Balaban J connectivity index is 1.65. The highest BCUT2D eigenvalue weighted by molar-refractivity contribution is 6.22. The van der Waals surface area contributed by atoms with Gasteiger partial charge in [-0.1, -0.05) is 116 Å². The van der Waals surface area contributed by atoms with Crippen LogP contribution in [-0.2, 0) is 0 Å². The van der Waals surface area contributed by atoms with E-state index in [-0.39, 0.29) is 5.56 Å². The van der Waals surface area contributed by atoms with E-state index in [2.05, 4.69) is 43.5 Å². The Kier molecular flexibility index (Phi) is 6.12. The molecule has 5 nitrogen and oxygen atoms in total. The van der Waals surface area contributed by atoms with E-state index in [1.54, 1.807) is 0 Å². The van der Waals surface area contributed by atoms with Crippen molar-refractivity contribution in [3.63, 3.8) is 0 Å². The maximum atomic E-state index is 10.9. The zero-order valence-corrected chi connectivity index (χ0v) is 22.0. The van der Waals surface area contributed by atoms with Gasteiger partial charge in [-0.2, -0.15) is 0 Å². The van der Waals surface area contributed by atoms with Gasteiger partial charge in [0.1, 0.15) is 0 Å². The molecule has 200 valence electrons. The number of fused-ring (bicyclic) bond motifs is 2. The lowest BCUT2D eigenvalue weighted by Crippen LogP contribution is -1.92. The summed E-state index contributed by atoms with van der Waals surface area (Å²) >= 11 is 0. The monoisotopic (exact) mass is 538 g/mol. The van der Waals surface area contributed by atoms with E-state index in [1.165, 1.54) is 0 Å². The number of phenolic OH excluding ortho intramolecular Hbond substituents is 5. The Labute approximate surface area is 236 Å². The fourth-order valence-corrected chi connectivity index (χ4v) is 5.69. The van der Waals surface area contributed by atoms with E-state index in [4.69, 9.17) is 0 Å². The molecule has 0 aliphatic rings. The van der Waals surface area contributed by atoms with E-state index in [0.717, 1.165) is 44.2 Å². The van der Waals surface area contributed by atoms with Crippen molar-refractivity contribution in [1.82, 2.24) is 0 Å². The smallest absolute Gasteiger partial charge is 0.208 e. The first-order valence-corrected chi connectivity index (χ1v) is 13.0. The first kappa shape index (κ1) is 25.6. The SMILES string of the molecule is C=Cc1cccc(-c2ccc(-c3c4ccccc4c(-c4c(O)c(O)c(O)c(O)c4O)c4ccccc34)cc2)c1C=C. The molecule has 0 aromatic heterocycles. The Morgan fingerprint density at radius 3 is 1.37 bits per heavy atom. The zero-order valence-electron chi connectivity index (χ0n) is 22.0. The quantitative estimate of drug-likeness (QED) is 0.0858. The predicted octanol–water partition coefficient (Wildman–Crippen LogP) is 8.81. The Bertz CT molecular complexity index is 1930. The standard InChI is InChI=1S/C36H26O5/c1-3-20-10-9-15-24(23(20)4-2)21-16-18-22(19-17-21)29-25-11-5-7-13-27(25)30(28-14-8-6-12-26(28)29)31-32(37)34(39)36(41)35(40)33(31)38/h3-19,37-41H,1-2H2. The molecule has 0 fully saturated rings. The molecule has 6 rings (SSSR count). The van der Waals surface area contributed by atoms with Gasteiger partial charge in [0.05, 0.1) is 5.56 Å². The van der Waals surface area contributed by atoms with E-state index in [9.17, 15) is 25.5 Å². The van der Waals surface area contributed by atoms with Gasteiger partial charge < -0.3 is 25.5 Å². The van der Waals surface area contributed by atoms with Crippen LogP contribution >= 0.6 is 0 Å². The van der Waals surface area contributed by atoms with Crippen molar-refractivity contribution in [3.8, 4) is 62.1 Å². The van der Waals surface area contributed by atoms with Gasteiger partial charge in [-0.3, -0.25) is 0 Å². The minimum Gasteiger partial charge on any atom is -0.504 e. The molecule has 0 radical (unpaired) electrons. The summed E-state index contributed by atoms with van der Waals surface area (Å²) in [4.78, 5) is 0. The maximum Gasteiger partial charge on any atom is 0.208 e. The van der Waals surface area contributed by atoms with E-state index >= 15 is 0 Å². The zero-order chi connectivity index (χ0) is 28.8. The second kappa shape index (κ2) is 9.81. The minimum absolute atomic E-state index is 0.175. The van der Waals surface area contributed by atoms with Crippen LogP contribution in [0.15, 0.2) is 104 Å². The molecule has 0 aliphatic carbocycles. The second-order valence-corrected chi connectivity index (χ2v) is 9.75. The third kappa shape index (κ3) is 3.86. The normalized spacial score (nSPS) is 11.1. The van der Waals surface area contributed by atoms with Crippen LogP contribution in [0.5, 0.6) is 28.7 Å². The second-order valence-electron chi connectivity index (χ2n) is 9.75. The highest BCUT2D eigenvalue weighted by Gasteiger charge is 2.27. The van der Waals surface area contributed by atoms with Crippen molar-refractivity contribution in [1.29, 1.82) is 0 Å². The average Bonchev–Trinajstić information content (AvgIpc) is 3.02. The van der Waals surface area contributed by atoms with Gasteiger partial charge in [0.2, 0.25) is 17.2 Å². The molecule has 41 heavy (non-hydrogen) atoms. The van der Waals surface area contributed by atoms with Crippen LogP contribution in [0.2, 0.25) is 0 Å². The molecule has 6 aromatic carbocycles. The maximum absolute atomic E-state index is 10.9. The van der Waals surface area contributed by atoms with Crippen LogP contribution in [0, 0.1) is 0 Å². The molecule has 0 aliphatic heterocycles. The van der Waals surface area contributed by atoms with Crippen LogP contribution in [0.4, 0.5) is 0 Å². The van der Waals surface area contributed by atoms with Gasteiger partial charge in [-0.15, -0.1) is 0 Å². The Hall–Kier alpha value is -5.68. The van der Waals surface area contributed by atoms with Crippen LogP contribution < -0.4 is 0 Å². The predicted molar refractivity (Wildman–Crippen MR) is 166 cm³/mol. The fraction of sp³-hybridized carbons (Fsp3) is 0. The third-order valence-electron chi connectivity index (χ3n) is 7.60. The summed E-state index contributed by atoms with van der Waals surface area (Å²) in [6.45, 7) is 7.91. The lowest BCUT2D eigenvalue weighted by Gasteiger charge is -2.20. The summed E-state index contributed by atoms with van der Waals surface area (Å²) < 4.78 is 0. The van der Waals surface area contributed by atoms with Crippen LogP contribution in [0.3, 0.4) is 0 Å². The summed E-state index contributed by atoms with van der Waals surface area (Å²) in [5.74, 6) is -4.28. The first-order valence-electron chi connectivity index (χ1n) is 13.0. The molecule has 0 saturated carbocycles. The van der Waals surface area contributed by atoms with Crippen LogP contribution in [0.1, 0.15) is 11.1 Å². The van der Waals surface area contributed by atoms with Crippen molar-refractivity contribution >= 4 is 33.7 Å². The van der Waals surface area contributed by atoms with Crippen LogP contribution in [-0.4, -0.2) is 25.5 Å². The summed E-state index contributed by atoms with van der Waals surface area (Å²) in [5, 5.41) is 55.4. The molecule has 0 spiro atoms. The molecule has 6 aromatic rings. The number of aromatic hydroxyl groups is 5. The molecular formula is C36H26O5. The van der Waals surface area contributed by atoms with Crippen molar-refractivity contribution in [3.05, 3.63) is 115 Å². The summed E-state index contributed by atoms with van der Waals surface area (Å²) in [5.41, 5.74) is 6.23. The largest absolute Gasteiger partial charge is 0.504 e. The molecule has 5 N–H and O–H groups in total. The van der Waals surface area contributed by atoms with Crippen molar-refractivity contribution in [2.75, 3.05) is 0 Å². The molecule has 5 heteroatoms. The summed E-state index contributed by atoms with van der Waals surface area (Å²) in [7, 11) is 0. The molecule has 0 bridgehead atoms. The topological polar surface area (TPSA) is 101 Å². The number of benzene rings is 6. The lowest BCUT2D eigenvalue weighted by molar-refractivity contribution is 0.330. The van der Waals surface area contributed by atoms with Crippen molar-refractivity contribution in [2.45, 2.75) is 0 Å². The summed E-state index contributed by atoms with van der Waals surface area (Å²) in [6, 6.07) is 29.4. The van der Waals surface area contributed by atoms with Gasteiger partial charge in [0.15, 0.2) is 11.5 Å². The van der Waals surface area contributed by atoms with Crippen molar-refractivity contribution in [2.24, 2.45) is 0 Å². The minimum atomic E-state index is -0.993. The Morgan fingerprint density at radius 1 is 0.415 bits per heavy atom. The van der Waals surface area contributed by atoms with Gasteiger partial charge in [-0.25, -0.2) is 0 Å². The van der Waals surface area contributed by atoms with Crippen LogP contribution in [0.25, 0.3) is 67.1 Å². The third-order valence-corrected chi connectivity index (χ3v) is 7.60. The number of hydrogen-bond acceptors (Lipinski definition) is 5. The highest BCUT2D eigenvalue weighted by atomic mass is 16.4. The molecule has 0 atom stereocenters. The van der Waals surface area contributed by atoms with E-state index in [0.29, 0.717) is 16.3 Å². The number of hydrogen-bond donors (Lipinski definition) is 5. The highest BCUT2D eigenvalue weighted by Crippen LogP contribution is 2.57. The molecule has 0 unspecified atom stereocenters. The number of rotatable bonds is 5. The van der Waals surface area contributed by atoms with Gasteiger partial charge in [0, 0.05) is 5.56 Å². The average molecular weight is 539 g/mol. The van der Waals surface area contributed by atoms with Gasteiger partial charge in [0.25, 0.3) is 0 Å². The Morgan fingerprint density at radius 2 is 0.878 bits per heavy atom. The van der Waals surface area contributed by atoms with Gasteiger partial charge in [-0.05, 0) is 54.9 Å². The first-order chi connectivity index (χ1) is 19.9. The van der Waals surface area contributed by atoms with E-state index < -0.39 is 28.7 Å². The molecule has 0 heterocycles. The van der Waals surface area contributed by atoms with Gasteiger partial charge >= 0.3 is 0 Å². The van der Waals surface area contributed by atoms with E-state index in [1.807, 2.05) is 72.8 Å².